The van der Waals surface area contributed by atoms with E-state index in [-0.39, 0.29) is 106 Å². The molecule has 584 valence electrons. The molecule has 6 radical (unpaired) electrons. The van der Waals surface area contributed by atoms with Gasteiger partial charge in [0.25, 0.3) is 8.05 Å². The molecule has 0 saturated carbocycles. The Morgan fingerprint density at radius 2 is 0.829 bits per heavy atom. The first-order valence-electron chi connectivity index (χ1n) is 31.0. The molecule has 0 aromatic carbocycles. The minimum atomic E-state index is -2.52. The monoisotopic (exact) mass is 2140 g/mol. The van der Waals surface area contributed by atoms with Crippen LogP contribution < -0.4 is 0 Å². The Balaban J connectivity index is -0.000000206. The standard InChI is InChI=1S/C14H14S2Si.C6H11B2O4Si.C6H11BO3Si.2C6H8Br2Si.C6H9Cl3Si2.2C6H10Si.C4H5BrSi.2CHCl3.4CH4.BHO.B.H2/c1-9-10(2)14(12-6-4-8-16-12)17-13(9)11-5-3-7-15-11;1-3-4(2)6(12-7-9)13-5(3)8(10)11;1-3-4(2)6(8)11-5(3)7(9)10;2*1-3-4(2)6(8)9-5(3)7;1-4-3-10-6(5(4)2)11(7,8)9;2*1-5-3-7-4-6(5)2;5-4-2-1-3-6-4;2*2-1(3)4;;;;;1-2;;/h3-8H,17H2,1-2H3;9-11H,13H2,1-2H3;8-10H,11H2,1-2H3;2*9H2,1-2H3;3H,10H2,1-2H3;2*3-4H,7H2,1-2H3;1-3H,6H2;2*1H;4*1H4;2H;;1H/i;;;;;;;;;;;;;;;;;1+1. The van der Waals surface area contributed by atoms with Gasteiger partial charge in [-0.2, -0.15) is 0 Å². The number of rotatable bonds is 7. The molecule has 9 aliphatic rings. The minimum Gasteiger partial charge on any atom is -0.545 e. The lowest BCUT2D eigenvalue weighted by molar-refractivity contribution is 0.390. The smallest absolute Gasteiger partial charge is 0.545 e. The van der Waals surface area contributed by atoms with Gasteiger partial charge in [0, 0.05) is 19.6 Å². The molecule has 0 bridgehead atoms. The Labute approximate surface area is 753 Å². The van der Waals surface area contributed by atoms with Crippen LogP contribution in [0, 0.1) is 0 Å². The fourth-order valence-corrected chi connectivity index (χ4v) is 37.8. The van der Waals surface area contributed by atoms with Gasteiger partial charge in [0.15, 0.2) is 8.59 Å². The zero-order valence-corrected chi connectivity index (χ0v) is 89.7. The molecule has 0 aliphatic carbocycles. The third-order valence-corrected chi connectivity index (χ3v) is 50.3. The summed E-state index contributed by atoms with van der Waals surface area (Å²) in [6.45, 7) is 33.4. The van der Waals surface area contributed by atoms with E-state index < -0.39 is 47.9 Å². The predicted octanol–water partition coefficient (Wildman–Crippen LogP) is 17.3. The number of hydrogen-bond acceptors (Lipinski definition) is 10. The lowest BCUT2D eigenvalue weighted by Crippen LogP contribution is -2.21. The zero-order chi connectivity index (χ0) is 77.2. The fourth-order valence-electron chi connectivity index (χ4n) is 9.53. The first-order valence-corrected chi connectivity index (χ1v) is 57.8. The van der Waals surface area contributed by atoms with Crippen LogP contribution in [-0.2, 0) is 4.65 Å². The summed E-state index contributed by atoms with van der Waals surface area (Å²) in [4.78, 5) is 4.15. The lowest BCUT2D eigenvalue weighted by atomic mass is 9.86. The summed E-state index contributed by atoms with van der Waals surface area (Å²) in [6, 6.07) is 6.33. The average Bonchev–Trinajstić information content (AvgIpc) is 1.64. The molecule has 2 aromatic heterocycles. The largest absolute Gasteiger partial charge is 0.568 e. The van der Waals surface area contributed by atoms with Crippen LogP contribution >= 0.6 is 205 Å². The normalized spacial score (nSPS) is 17.3. The van der Waals surface area contributed by atoms with E-state index in [2.05, 4.69) is 252 Å². The molecule has 0 saturated heterocycles. The molecule has 9 aliphatic heterocycles. The van der Waals surface area contributed by atoms with Crippen molar-refractivity contribution in [2.75, 3.05) is 0 Å². The van der Waals surface area contributed by atoms with E-state index in [1.165, 1.54) is 102 Å². The molecule has 7 N–H and O–H groups in total. The molecule has 2 aromatic rings. The van der Waals surface area contributed by atoms with Crippen LogP contribution in [0.5, 0.6) is 0 Å². The Hall–Kier alpha value is 1.58. The van der Waals surface area contributed by atoms with E-state index >= 15 is 0 Å². The van der Waals surface area contributed by atoms with Crippen LogP contribution in [0.2, 0.25) is 0 Å². The minimum absolute atomic E-state index is 0. The average molecular weight is 2150 g/mol. The highest BCUT2D eigenvalue weighted by Crippen LogP contribution is 2.40. The highest BCUT2D eigenvalue weighted by molar-refractivity contribution is 9.14. The fraction of sp³-hybridized carbons (Fsp3) is 0.333. The van der Waals surface area contributed by atoms with Crippen molar-refractivity contribution in [3.8, 4) is 0 Å². The molecule has 0 atom stereocenters. The van der Waals surface area contributed by atoms with Gasteiger partial charge in [-0.25, -0.2) is 0 Å². The quantitative estimate of drug-likeness (QED) is 0.0823. The molecule has 8 nitrogen and oxygen atoms in total. The Morgan fingerprint density at radius 1 is 0.486 bits per heavy atom. The molecule has 0 unspecified atom stereocenters. The Kier molecular flexibility index (Phi) is 69.2. The predicted molar refractivity (Wildman–Crippen MR) is 537 cm³/mol. The zero-order valence-electron chi connectivity index (χ0n) is 59.6. The maximum atomic E-state index is 9.26. The summed E-state index contributed by atoms with van der Waals surface area (Å²) < 4.78 is 10.6. The number of allylic oxidation sites excluding steroid dienone is 18. The highest BCUT2D eigenvalue weighted by atomic mass is 79.9. The molecule has 105 heavy (non-hydrogen) atoms. The topological polar surface area (TPSA) is 151 Å². The van der Waals surface area contributed by atoms with Crippen molar-refractivity contribution >= 4 is 346 Å². The van der Waals surface area contributed by atoms with Crippen molar-refractivity contribution in [3.63, 3.8) is 0 Å². The van der Waals surface area contributed by atoms with Crippen LogP contribution in [0.15, 0.2) is 217 Å². The first-order chi connectivity index (χ1) is 46.5. The van der Waals surface area contributed by atoms with Crippen LogP contribution in [0.25, 0.3) is 10.4 Å². The second-order valence-electron chi connectivity index (χ2n) is 23.0. The second-order valence-corrected chi connectivity index (χ2v) is 62.6. The van der Waals surface area contributed by atoms with Crippen molar-refractivity contribution < 1.29 is 41.3 Å². The number of thiophene rings is 2. The SMILES string of the molecule is BrC1=CC=C[SiH2]1.C.C.C.C.CC1=C(Br)[SiH2]C(Br)=C1C.CC1=C(Br)[SiH2]C(Br)=C1C.CC1=C(O)[SiH2]C(B(O)O)=C1C.CC1=C(O[B]O)[SiH2]C(B(O)O)=C1C.CC1=C(c2cccs2)[SiH2]C(c2cccs2)=C1C.CC1=C[SiH2]C([Si](Cl)(Cl)Cl)=C1C.CC1=C[SiH2]C=C1C.CC1=C[SiH2]C=C1C.ClC(Cl)Cl.ClC(Cl)Cl.[2HH].[B].[B]O. The van der Waals surface area contributed by atoms with E-state index in [1.54, 1.807) is 24.2 Å². The summed E-state index contributed by atoms with van der Waals surface area (Å²) >= 11 is 67.9. The van der Waals surface area contributed by atoms with Gasteiger partial charge in [-0.05, 0) is 224 Å². The number of aliphatic hydroxyl groups is 1. The molecule has 11 heterocycles. The Morgan fingerprint density at radius 3 is 1.00 bits per heavy atom. The highest BCUT2D eigenvalue weighted by Gasteiger charge is 2.34. The molecule has 0 fully saturated rings. The molecule has 0 amide bonds. The van der Waals surface area contributed by atoms with Crippen molar-refractivity contribution in [1.29, 1.82) is 0 Å². The van der Waals surface area contributed by atoms with Gasteiger partial charge < -0.3 is 39.9 Å². The van der Waals surface area contributed by atoms with E-state index in [9.17, 15) is 5.11 Å². The van der Waals surface area contributed by atoms with E-state index in [1.807, 2.05) is 36.5 Å². The number of aliphatic hydroxyl groups excluding tert-OH is 1. The molecule has 39 heteroatoms. The van der Waals surface area contributed by atoms with Gasteiger partial charge in [-0.3, -0.25) is 0 Å². The summed E-state index contributed by atoms with van der Waals surface area (Å²) in [5.41, 5.74) is 34.9. The summed E-state index contributed by atoms with van der Waals surface area (Å²) in [7, 11) is -1.06. The van der Waals surface area contributed by atoms with Gasteiger partial charge >= 0.3 is 27.9 Å². The van der Waals surface area contributed by atoms with Crippen LogP contribution in [-0.4, -0.2) is 174 Å². The van der Waals surface area contributed by atoms with Crippen LogP contribution in [0.1, 0.15) is 152 Å². The molecular formula is C66H107B5Br5Cl9O8S2Si10. The van der Waals surface area contributed by atoms with Crippen molar-refractivity contribution in [3.05, 3.63) is 227 Å². The summed E-state index contributed by atoms with van der Waals surface area (Å²) in [6.07, 6.45) is 4.22. The van der Waals surface area contributed by atoms with E-state index in [4.69, 9.17) is 138 Å². The third kappa shape index (κ3) is 43.9. The summed E-state index contributed by atoms with van der Waals surface area (Å²) in [5.74, 6) is 0. The van der Waals surface area contributed by atoms with Gasteiger partial charge in [-0.15, -0.1) is 55.9 Å². The number of hydrogen-bond donors (Lipinski definition) is 7. The molecule has 0 spiro atoms. The van der Waals surface area contributed by atoms with Gasteiger partial charge in [0.05, 0.1) is 58.4 Å². The van der Waals surface area contributed by atoms with Crippen molar-refractivity contribution in [1.82, 2.24) is 0 Å². The maximum absolute atomic E-state index is 9.26. The van der Waals surface area contributed by atoms with Crippen molar-refractivity contribution in [2.45, 2.75) is 149 Å². The van der Waals surface area contributed by atoms with E-state index in [0.29, 0.717) is 28.6 Å². The Bertz CT molecular complexity index is 3490. The van der Waals surface area contributed by atoms with Crippen molar-refractivity contribution in [2.24, 2.45) is 0 Å². The first kappa shape index (κ1) is 117. The maximum Gasteiger partial charge on any atom is 0.568 e. The number of halogens is 14. The van der Waals surface area contributed by atoms with Crippen LogP contribution in [0.3, 0.4) is 0 Å². The lowest BCUT2D eigenvalue weighted by Gasteiger charge is -2.10. The van der Waals surface area contributed by atoms with Gasteiger partial charge in [0.1, 0.15) is 38.1 Å². The van der Waals surface area contributed by atoms with Crippen LogP contribution in [0.4, 0.5) is 0 Å². The molecular weight excluding hydrogens is 2040 g/mol. The number of alkyl halides is 6. The summed E-state index contributed by atoms with van der Waals surface area (Å²) in [5, 5.41) is 70.0. The second kappa shape index (κ2) is 61.9. The molecule has 11 rings (SSSR count). The van der Waals surface area contributed by atoms with E-state index in [0.717, 1.165) is 22.3 Å². The van der Waals surface area contributed by atoms with Gasteiger partial charge in [-0.1, -0.05) is 282 Å². The van der Waals surface area contributed by atoms with Gasteiger partial charge in [0.2, 0.25) is 0 Å². The third-order valence-electron chi connectivity index (χ3n) is 17.0.